The van der Waals surface area contributed by atoms with Crippen LogP contribution < -0.4 is 0 Å². The van der Waals surface area contributed by atoms with Gasteiger partial charge in [-0.15, -0.1) is 92.8 Å². The Morgan fingerprint density at radius 1 is 0.562 bits per heavy atom. The Morgan fingerprint density at radius 3 is 1.19 bits per heavy atom. The smallest absolute Gasteiger partial charge is 0.306 e. The number of hydrogen-bond acceptors (Lipinski definition) is 4. The predicted octanol–water partition coefficient (Wildman–Crippen LogP) is 7.32. The summed E-state index contributed by atoms with van der Waals surface area (Å²) in [4.78, 5) is 24.5. The first kappa shape index (κ1) is 33.3. The molecule has 12 heteroatoms. The molecule has 0 saturated heterocycles. The molecule has 0 aromatic carbocycles. The van der Waals surface area contributed by atoms with Crippen LogP contribution in [0.5, 0.6) is 0 Å². The Hall–Kier alpha value is 1.26. The monoisotopic (exact) mass is 614 g/mol. The van der Waals surface area contributed by atoms with Crippen molar-refractivity contribution >= 4 is 105 Å². The first-order chi connectivity index (χ1) is 15.2. The fourth-order valence-corrected chi connectivity index (χ4v) is 4.09. The van der Waals surface area contributed by atoms with Gasteiger partial charge in [0.1, 0.15) is 12.2 Å². The van der Waals surface area contributed by atoms with E-state index < -0.39 is 34.9 Å². The predicted molar refractivity (Wildman–Crippen MR) is 138 cm³/mol. The SMILES string of the molecule is O=C(CCC(=O)OC(CCCC(Cl)CCl)C(Cl)CCl)OC(CCCC(Cl)CCl)C(Cl)CCl. The highest BCUT2D eigenvalue weighted by atomic mass is 35.5. The zero-order valence-electron chi connectivity index (χ0n) is 17.6. The molecule has 0 aliphatic carbocycles. The van der Waals surface area contributed by atoms with Crippen LogP contribution in [0.25, 0.3) is 0 Å². The zero-order chi connectivity index (χ0) is 24.5. The number of hydrogen-bond donors (Lipinski definition) is 0. The molecule has 0 amide bonds. The maximum absolute atomic E-state index is 12.2. The topological polar surface area (TPSA) is 52.6 Å². The summed E-state index contributed by atoms with van der Waals surface area (Å²) in [6, 6.07) is 0. The van der Waals surface area contributed by atoms with Crippen molar-refractivity contribution < 1.29 is 19.1 Å². The van der Waals surface area contributed by atoms with Gasteiger partial charge in [0.05, 0.1) is 23.6 Å². The Balaban J connectivity index is 4.56. The summed E-state index contributed by atoms with van der Waals surface area (Å²) in [5, 5.41) is -1.43. The Kier molecular flexibility index (Phi) is 21.3. The van der Waals surface area contributed by atoms with Crippen molar-refractivity contribution in [3.63, 3.8) is 0 Å². The first-order valence-electron chi connectivity index (χ1n) is 10.4. The van der Waals surface area contributed by atoms with Gasteiger partial charge in [-0.2, -0.15) is 0 Å². The lowest BCUT2D eigenvalue weighted by Gasteiger charge is -2.23. The molecule has 0 aromatic rings. The summed E-state index contributed by atoms with van der Waals surface area (Å²) in [6.45, 7) is 0. The molecule has 0 aliphatic heterocycles. The average Bonchev–Trinajstić information content (AvgIpc) is 2.79. The van der Waals surface area contributed by atoms with Crippen LogP contribution in [0.2, 0.25) is 0 Å². The number of carbonyl (C=O) groups is 2. The second-order valence-electron chi connectivity index (χ2n) is 7.26. The first-order valence-corrected chi connectivity index (χ1v) is 14.3. The van der Waals surface area contributed by atoms with Crippen molar-refractivity contribution in [3.8, 4) is 0 Å². The van der Waals surface area contributed by atoms with E-state index >= 15 is 0 Å². The van der Waals surface area contributed by atoms with Gasteiger partial charge in [0.2, 0.25) is 0 Å². The lowest BCUT2D eigenvalue weighted by atomic mass is 10.1. The van der Waals surface area contributed by atoms with E-state index in [4.69, 9.17) is 102 Å². The van der Waals surface area contributed by atoms with E-state index in [-0.39, 0.29) is 35.4 Å². The van der Waals surface area contributed by atoms with E-state index in [2.05, 4.69) is 0 Å². The summed E-state index contributed by atoms with van der Waals surface area (Å²) in [7, 11) is 0. The minimum atomic E-state index is -0.585. The molecular formula is C20H30Cl8O4. The molecule has 190 valence electrons. The maximum atomic E-state index is 12.2. The number of esters is 2. The number of ether oxygens (including phenoxy) is 2. The third kappa shape index (κ3) is 16.0. The quantitative estimate of drug-likeness (QED) is 0.113. The van der Waals surface area contributed by atoms with Crippen molar-refractivity contribution in [2.75, 3.05) is 23.5 Å². The molecule has 4 nitrogen and oxygen atoms in total. The van der Waals surface area contributed by atoms with Crippen LogP contribution in [-0.2, 0) is 19.1 Å². The fraction of sp³-hybridized carbons (Fsp3) is 0.900. The molecule has 0 heterocycles. The van der Waals surface area contributed by atoms with Gasteiger partial charge in [0.25, 0.3) is 0 Å². The molecule has 0 radical (unpaired) electrons. The van der Waals surface area contributed by atoms with E-state index in [0.717, 1.165) is 0 Å². The van der Waals surface area contributed by atoms with Gasteiger partial charge in [-0.1, -0.05) is 0 Å². The Bertz CT molecular complexity index is 470. The summed E-state index contributed by atoms with van der Waals surface area (Å²) in [5.41, 5.74) is 0. The number of carbonyl (C=O) groups excluding carboxylic acids is 2. The molecule has 0 saturated carbocycles. The largest absolute Gasteiger partial charge is 0.461 e. The van der Waals surface area contributed by atoms with Crippen LogP contribution >= 0.6 is 92.8 Å². The highest BCUT2D eigenvalue weighted by Crippen LogP contribution is 2.21. The van der Waals surface area contributed by atoms with Gasteiger partial charge in [-0.05, 0) is 38.5 Å². The molecule has 0 aromatic heterocycles. The Morgan fingerprint density at radius 2 is 0.906 bits per heavy atom. The van der Waals surface area contributed by atoms with Crippen molar-refractivity contribution in [2.45, 2.75) is 85.1 Å². The highest BCUT2D eigenvalue weighted by Gasteiger charge is 2.26. The lowest BCUT2D eigenvalue weighted by Crippen LogP contribution is -2.31. The van der Waals surface area contributed by atoms with Gasteiger partial charge in [-0.25, -0.2) is 0 Å². The molecular weight excluding hydrogens is 588 g/mol. The minimum absolute atomic E-state index is 0.117. The molecule has 0 spiro atoms. The maximum Gasteiger partial charge on any atom is 0.306 e. The third-order valence-electron chi connectivity index (χ3n) is 4.55. The van der Waals surface area contributed by atoms with E-state index in [1.54, 1.807) is 0 Å². The third-order valence-corrected chi connectivity index (χ3v) is 8.20. The van der Waals surface area contributed by atoms with E-state index in [1.807, 2.05) is 0 Å². The second-order valence-corrected chi connectivity index (χ2v) is 10.9. The fourth-order valence-electron chi connectivity index (χ4n) is 2.72. The van der Waals surface area contributed by atoms with Crippen LogP contribution in [0.15, 0.2) is 0 Å². The number of rotatable bonds is 19. The zero-order valence-corrected chi connectivity index (χ0v) is 23.7. The number of halogens is 8. The van der Waals surface area contributed by atoms with Crippen LogP contribution in [0.3, 0.4) is 0 Å². The Labute approximate surface area is 231 Å². The standard InChI is InChI=1S/C20H30Cl8O4/c21-9-13(25)3-1-5-17(15(27)11-23)31-19(29)7-8-20(30)32-18(16(28)12-24)6-2-4-14(26)10-22/h13-18H,1-12H2. The van der Waals surface area contributed by atoms with Crippen LogP contribution in [0.4, 0.5) is 0 Å². The van der Waals surface area contributed by atoms with Crippen LogP contribution in [0.1, 0.15) is 51.4 Å². The molecule has 0 rings (SSSR count). The molecule has 0 aliphatic rings. The summed E-state index contributed by atoms with van der Waals surface area (Å²) < 4.78 is 10.9. The summed E-state index contributed by atoms with van der Waals surface area (Å²) in [6.07, 6.45) is 2.17. The summed E-state index contributed by atoms with van der Waals surface area (Å²) in [5.74, 6) is -0.226. The highest BCUT2D eigenvalue weighted by molar-refractivity contribution is 6.29. The van der Waals surface area contributed by atoms with E-state index in [1.165, 1.54) is 0 Å². The molecule has 6 unspecified atom stereocenters. The van der Waals surface area contributed by atoms with E-state index in [0.29, 0.717) is 50.3 Å². The van der Waals surface area contributed by atoms with Crippen LogP contribution in [-0.4, -0.2) is 69.2 Å². The molecule has 6 atom stereocenters. The van der Waals surface area contributed by atoms with Gasteiger partial charge < -0.3 is 9.47 Å². The van der Waals surface area contributed by atoms with Gasteiger partial charge in [-0.3, -0.25) is 9.59 Å². The van der Waals surface area contributed by atoms with Crippen molar-refractivity contribution in [3.05, 3.63) is 0 Å². The molecule has 0 fully saturated rings. The normalized spacial score (nSPS) is 17.1. The number of alkyl halides is 8. The summed E-state index contributed by atoms with van der Waals surface area (Å²) >= 11 is 47.4. The second kappa shape index (κ2) is 20.5. The van der Waals surface area contributed by atoms with Crippen molar-refractivity contribution in [2.24, 2.45) is 0 Å². The lowest BCUT2D eigenvalue weighted by molar-refractivity contribution is -0.156. The van der Waals surface area contributed by atoms with Gasteiger partial charge in [0.15, 0.2) is 0 Å². The molecule has 0 bridgehead atoms. The van der Waals surface area contributed by atoms with Crippen LogP contribution in [0, 0.1) is 0 Å². The molecule has 0 N–H and O–H groups in total. The van der Waals surface area contributed by atoms with Crippen molar-refractivity contribution in [1.82, 2.24) is 0 Å². The van der Waals surface area contributed by atoms with E-state index in [9.17, 15) is 9.59 Å². The molecule has 32 heavy (non-hydrogen) atoms. The van der Waals surface area contributed by atoms with Crippen molar-refractivity contribution in [1.29, 1.82) is 0 Å². The van der Waals surface area contributed by atoms with Gasteiger partial charge in [0, 0.05) is 34.3 Å². The minimum Gasteiger partial charge on any atom is -0.461 e. The van der Waals surface area contributed by atoms with Gasteiger partial charge >= 0.3 is 11.9 Å². The average molecular weight is 618 g/mol.